The van der Waals surface area contributed by atoms with Crippen molar-refractivity contribution in [2.75, 3.05) is 12.3 Å². The molecule has 0 spiro atoms. The molecular weight excluding hydrogens is 330 g/mol. The molecule has 5 nitrogen and oxygen atoms in total. The summed E-state index contributed by atoms with van der Waals surface area (Å²) in [4.78, 5) is 4.01. The number of nitrogens with two attached hydrogens (primary N) is 1. The van der Waals surface area contributed by atoms with E-state index in [4.69, 9.17) is 5.73 Å². The summed E-state index contributed by atoms with van der Waals surface area (Å²) in [7, 11) is -3.57. The van der Waals surface area contributed by atoms with Crippen LogP contribution in [0.4, 0.5) is 5.82 Å². The minimum atomic E-state index is -3.57. The molecule has 0 saturated carbocycles. The first-order valence-corrected chi connectivity index (χ1v) is 8.59. The molecule has 0 amide bonds. The second-order valence-corrected chi connectivity index (χ2v) is 7.63. The number of hydrogen-bond acceptors (Lipinski definition) is 4. The Bertz CT molecular complexity index is 562. The summed E-state index contributed by atoms with van der Waals surface area (Å²) in [5.74, 6) is 0.0552. The molecule has 1 aromatic rings. The summed E-state index contributed by atoms with van der Waals surface area (Å²) in [6.45, 7) is 2.50. The van der Waals surface area contributed by atoms with Crippen molar-refractivity contribution in [3.05, 3.63) is 16.7 Å². The molecule has 1 unspecified atom stereocenters. The Kier molecular flexibility index (Phi) is 4.47. The van der Waals surface area contributed by atoms with Gasteiger partial charge in [0.1, 0.15) is 10.7 Å². The van der Waals surface area contributed by atoms with Gasteiger partial charge in [-0.2, -0.15) is 4.31 Å². The van der Waals surface area contributed by atoms with E-state index >= 15 is 0 Å². The highest BCUT2D eigenvalue weighted by molar-refractivity contribution is 9.10. The van der Waals surface area contributed by atoms with Gasteiger partial charge in [-0.25, -0.2) is 13.4 Å². The van der Waals surface area contributed by atoms with Gasteiger partial charge in [0.15, 0.2) is 0 Å². The molecule has 0 radical (unpaired) electrons. The van der Waals surface area contributed by atoms with E-state index in [0.717, 1.165) is 25.7 Å². The van der Waals surface area contributed by atoms with E-state index in [1.807, 2.05) is 6.92 Å². The lowest BCUT2D eigenvalue weighted by molar-refractivity contribution is 0.342. The normalized spacial score (nSPS) is 22.1. The molecule has 1 aromatic heterocycles. The number of nitrogens with zero attached hydrogens (tertiary/aromatic N) is 2. The third-order valence-electron chi connectivity index (χ3n) is 3.43. The van der Waals surface area contributed by atoms with Gasteiger partial charge in [0.05, 0.1) is 0 Å². The Balaban J connectivity index is 2.43. The van der Waals surface area contributed by atoms with Crippen molar-refractivity contribution in [1.29, 1.82) is 0 Å². The van der Waals surface area contributed by atoms with Crippen molar-refractivity contribution in [1.82, 2.24) is 9.29 Å². The number of aromatic nitrogens is 1. The highest BCUT2D eigenvalue weighted by atomic mass is 79.9. The first-order chi connectivity index (χ1) is 8.93. The van der Waals surface area contributed by atoms with Gasteiger partial charge in [0, 0.05) is 23.3 Å². The van der Waals surface area contributed by atoms with Crippen LogP contribution in [0, 0.1) is 0 Å². The van der Waals surface area contributed by atoms with Crippen LogP contribution in [0.5, 0.6) is 0 Å². The van der Waals surface area contributed by atoms with Gasteiger partial charge in [0.25, 0.3) is 0 Å². The lowest BCUT2D eigenvalue weighted by atomic mass is 10.1. The summed E-state index contributed by atoms with van der Waals surface area (Å²) in [5.41, 5.74) is 5.73. The van der Waals surface area contributed by atoms with Crippen molar-refractivity contribution in [3.63, 3.8) is 0 Å². The Morgan fingerprint density at radius 1 is 1.42 bits per heavy atom. The Morgan fingerprint density at radius 2 is 2.16 bits per heavy atom. The summed E-state index contributed by atoms with van der Waals surface area (Å²) in [5, 5.41) is 0. The molecule has 106 valence electrons. The van der Waals surface area contributed by atoms with Crippen molar-refractivity contribution in [2.24, 2.45) is 0 Å². The third-order valence-corrected chi connectivity index (χ3v) is 5.90. The fourth-order valence-corrected chi connectivity index (χ4v) is 4.65. The molecule has 0 aliphatic carbocycles. The van der Waals surface area contributed by atoms with Gasteiger partial charge in [-0.05, 0) is 41.8 Å². The molecule has 0 bridgehead atoms. The van der Waals surface area contributed by atoms with Crippen molar-refractivity contribution in [2.45, 2.75) is 43.5 Å². The molecule has 19 heavy (non-hydrogen) atoms. The topological polar surface area (TPSA) is 76.3 Å². The molecule has 2 rings (SSSR count). The average molecular weight is 348 g/mol. The monoisotopic (exact) mass is 347 g/mol. The molecule has 1 saturated heterocycles. The second kappa shape index (κ2) is 5.76. The Hall–Kier alpha value is -0.660. The third kappa shape index (κ3) is 3.09. The summed E-state index contributed by atoms with van der Waals surface area (Å²) < 4.78 is 27.6. The molecule has 1 atom stereocenters. The summed E-state index contributed by atoms with van der Waals surface area (Å²) in [6, 6.07) is 1.53. The standard InChI is InChI=1S/C12H18BrN3O2S/c1-9-5-3-2-4-6-16(9)19(17,18)11-7-10(13)8-15-12(11)14/h7-9H,2-6H2,1H3,(H2,14,15). The van der Waals surface area contributed by atoms with E-state index in [9.17, 15) is 8.42 Å². The minimum absolute atomic E-state index is 0.00545. The van der Waals surface area contributed by atoms with E-state index in [1.165, 1.54) is 12.3 Å². The number of sulfonamides is 1. The van der Waals surface area contributed by atoms with Crippen LogP contribution < -0.4 is 5.73 Å². The lowest BCUT2D eigenvalue weighted by Crippen LogP contribution is -2.38. The van der Waals surface area contributed by atoms with Crippen LogP contribution in [-0.4, -0.2) is 30.3 Å². The predicted octanol–water partition coefficient (Wildman–Crippen LogP) is 2.38. The maximum atomic E-state index is 12.7. The van der Waals surface area contributed by atoms with Gasteiger partial charge in [-0.15, -0.1) is 0 Å². The molecule has 0 aromatic carbocycles. The quantitative estimate of drug-likeness (QED) is 0.890. The molecule has 2 heterocycles. The smallest absolute Gasteiger partial charge is 0.247 e. The summed E-state index contributed by atoms with van der Waals surface area (Å²) in [6.07, 6.45) is 5.42. The van der Waals surface area contributed by atoms with Crippen LogP contribution >= 0.6 is 15.9 Å². The van der Waals surface area contributed by atoms with E-state index in [-0.39, 0.29) is 16.8 Å². The van der Waals surface area contributed by atoms with Crippen molar-refractivity contribution in [3.8, 4) is 0 Å². The lowest BCUT2D eigenvalue weighted by Gasteiger charge is -2.26. The minimum Gasteiger partial charge on any atom is -0.383 e. The first-order valence-electron chi connectivity index (χ1n) is 6.36. The first kappa shape index (κ1) is 14.7. The zero-order valence-electron chi connectivity index (χ0n) is 10.8. The van der Waals surface area contributed by atoms with Crippen LogP contribution in [0.15, 0.2) is 21.6 Å². The zero-order chi connectivity index (χ0) is 14.0. The average Bonchev–Trinajstić information content (AvgIpc) is 2.57. The van der Waals surface area contributed by atoms with E-state index < -0.39 is 10.0 Å². The Labute approximate surface area is 122 Å². The molecule has 2 N–H and O–H groups in total. The largest absolute Gasteiger partial charge is 0.383 e. The number of halogens is 1. The van der Waals surface area contributed by atoms with Crippen LogP contribution in [0.1, 0.15) is 32.6 Å². The number of rotatable bonds is 2. The van der Waals surface area contributed by atoms with Gasteiger partial charge >= 0.3 is 0 Å². The van der Waals surface area contributed by atoms with Gasteiger partial charge in [0.2, 0.25) is 10.0 Å². The number of hydrogen-bond donors (Lipinski definition) is 1. The van der Waals surface area contributed by atoms with Crippen molar-refractivity contribution >= 4 is 31.8 Å². The number of nitrogen functional groups attached to an aromatic ring is 1. The number of pyridine rings is 1. The van der Waals surface area contributed by atoms with E-state index in [1.54, 1.807) is 4.31 Å². The zero-order valence-corrected chi connectivity index (χ0v) is 13.2. The van der Waals surface area contributed by atoms with Crippen LogP contribution in [0.3, 0.4) is 0 Å². The van der Waals surface area contributed by atoms with Crippen LogP contribution in [-0.2, 0) is 10.0 Å². The second-order valence-electron chi connectivity index (χ2n) is 4.85. The SMILES string of the molecule is CC1CCCCCN1S(=O)(=O)c1cc(Br)cnc1N. The van der Waals surface area contributed by atoms with Crippen LogP contribution in [0.2, 0.25) is 0 Å². The van der Waals surface area contributed by atoms with Gasteiger partial charge in [-0.1, -0.05) is 12.8 Å². The summed E-state index contributed by atoms with van der Waals surface area (Å²) >= 11 is 3.24. The van der Waals surface area contributed by atoms with E-state index in [2.05, 4.69) is 20.9 Å². The van der Waals surface area contributed by atoms with Crippen LogP contribution in [0.25, 0.3) is 0 Å². The number of anilines is 1. The molecule has 1 aliphatic rings. The van der Waals surface area contributed by atoms with Gasteiger partial charge < -0.3 is 5.73 Å². The maximum Gasteiger partial charge on any atom is 0.247 e. The van der Waals surface area contributed by atoms with Gasteiger partial charge in [-0.3, -0.25) is 0 Å². The fourth-order valence-electron chi connectivity index (χ4n) is 2.37. The highest BCUT2D eigenvalue weighted by Gasteiger charge is 2.31. The predicted molar refractivity (Wildman–Crippen MR) is 78.2 cm³/mol. The Morgan fingerprint density at radius 3 is 2.89 bits per heavy atom. The van der Waals surface area contributed by atoms with Crippen molar-refractivity contribution < 1.29 is 8.42 Å². The molecular formula is C12H18BrN3O2S. The highest BCUT2D eigenvalue weighted by Crippen LogP contribution is 2.28. The fraction of sp³-hybridized carbons (Fsp3) is 0.583. The maximum absolute atomic E-state index is 12.7. The molecule has 7 heteroatoms. The molecule has 1 fully saturated rings. The van der Waals surface area contributed by atoms with E-state index in [0.29, 0.717) is 11.0 Å². The molecule has 1 aliphatic heterocycles.